The quantitative estimate of drug-likeness (QED) is 0.775. The maximum Gasteiger partial charge on any atom is 0.415 e. The third-order valence-corrected chi connectivity index (χ3v) is 3.86. The summed E-state index contributed by atoms with van der Waals surface area (Å²) in [5, 5.41) is 19.3. The first-order chi connectivity index (χ1) is 11.1. The molecule has 0 unspecified atom stereocenters. The summed E-state index contributed by atoms with van der Waals surface area (Å²) in [5.74, 6) is 0. The molecule has 1 aromatic rings. The van der Waals surface area contributed by atoms with E-state index in [2.05, 4.69) is 12.1 Å². The molecule has 1 heterocycles. The van der Waals surface area contributed by atoms with E-state index in [1.165, 1.54) is 4.90 Å². The Morgan fingerprint density at radius 1 is 1.17 bits per heavy atom. The van der Waals surface area contributed by atoms with Crippen molar-refractivity contribution in [1.82, 2.24) is 4.90 Å². The summed E-state index contributed by atoms with van der Waals surface area (Å²) in [4.78, 5) is 14.1. The maximum atomic E-state index is 12.7. The Morgan fingerprint density at radius 3 is 2.17 bits per heavy atom. The first-order valence-corrected chi connectivity index (χ1v) is 7.74. The Labute approximate surface area is 142 Å². The second-order valence-electron chi connectivity index (χ2n) is 7.04. The van der Waals surface area contributed by atoms with Crippen LogP contribution < -0.4 is 0 Å². The molecule has 124 valence electrons. The number of aryl methyl sites for hydroxylation is 1. The highest BCUT2D eigenvalue weighted by molar-refractivity contribution is 5.73. The molecule has 2 rings (SSSR count). The standard InChI is InChI=1S/C19H21N3O2/c1-13-6-8-15(9-7-13)16-19(11-20,12-21)10-14(2)22(16)17(23)24-18(3,4)5/h6-10,16H,1-5H3/t16-/m0/s1. The molecule has 5 heteroatoms. The number of carbonyl (C=O) groups excluding carboxylic acids is 1. The number of allylic oxidation sites excluding steroid dienone is 1. The lowest BCUT2D eigenvalue weighted by molar-refractivity contribution is 0.0232. The number of hydrogen-bond donors (Lipinski definition) is 0. The molecule has 0 saturated heterocycles. The van der Waals surface area contributed by atoms with Gasteiger partial charge in [0.2, 0.25) is 0 Å². The van der Waals surface area contributed by atoms with E-state index in [1.54, 1.807) is 33.8 Å². The first-order valence-electron chi connectivity index (χ1n) is 7.74. The van der Waals surface area contributed by atoms with Gasteiger partial charge in [-0.3, -0.25) is 4.90 Å². The highest BCUT2D eigenvalue weighted by Crippen LogP contribution is 2.47. The lowest BCUT2D eigenvalue weighted by Crippen LogP contribution is -2.39. The van der Waals surface area contributed by atoms with E-state index < -0.39 is 23.2 Å². The summed E-state index contributed by atoms with van der Waals surface area (Å²) >= 11 is 0. The number of nitrogens with zero attached hydrogens (tertiary/aromatic N) is 3. The minimum Gasteiger partial charge on any atom is -0.443 e. The Hall–Kier alpha value is -2.79. The fraction of sp³-hybridized carbons (Fsp3) is 0.421. The molecule has 0 spiro atoms. The van der Waals surface area contributed by atoms with Gasteiger partial charge in [0.05, 0.1) is 12.1 Å². The molecule has 1 atom stereocenters. The summed E-state index contributed by atoms with van der Waals surface area (Å²) in [7, 11) is 0. The largest absolute Gasteiger partial charge is 0.443 e. The maximum absolute atomic E-state index is 12.7. The van der Waals surface area contributed by atoms with Crippen LogP contribution in [0.15, 0.2) is 36.0 Å². The predicted molar refractivity (Wildman–Crippen MR) is 89.4 cm³/mol. The Bertz CT molecular complexity index is 744. The van der Waals surface area contributed by atoms with Gasteiger partial charge in [0.25, 0.3) is 0 Å². The van der Waals surface area contributed by atoms with Crippen LogP contribution in [0.3, 0.4) is 0 Å². The fourth-order valence-electron chi connectivity index (χ4n) is 2.82. The van der Waals surface area contributed by atoms with Gasteiger partial charge in [-0.1, -0.05) is 29.8 Å². The number of amides is 1. The van der Waals surface area contributed by atoms with E-state index in [0.29, 0.717) is 5.70 Å². The molecule has 0 bridgehead atoms. The van der Waals surface area contributed by atoms with Gasteiger partial charge in [0.15, 0.2) is 5.41 Å². The highest BCUT2D eigenvalue weighted by Gasteiger charge is 2.51. The van der Waals surface area contributed by atoms with Gasteiger partial charge in [-0.2, -0.15) is 10.5 Å². The molecule has 0 saturated carbocycles. The van der Waals surface area contributed by atoms with Gasteiger partial charge in [0.1, 0.15) is 11.6 Å². The van der Waals surface area contributed by atoms with E-state index in [-0.39, 0.29) is 0 Å². The van der Waals surface area contributed by atoms with E-state index >= 15 is 0 Å². The lowest BCUT2D eigenvalue weighted by Gasteiger charge is -2.33. The van der Waals surface area contributed by atoms with Gasteiger partial charge in [-0.25, -0.2) is 4.79 Å². The third-order valence-electron chi connectivity index (χ3n) is 3.86. The van der Waals surface area contributed by atoms with Crippen molar-refractivity contribution in [3.8, 4) is 12.1 Å². The summed E-state index contributed by atoms with van der Waals surface area (Å²) in [6.07, 6.45) is 0.982. The molecule has 1 aliphatic heterocycles. The number of benzene rings is 1. The van der Waals surface area contributed by atoms with E-state index in [0.717, 1.165) is 11.1 Å². The minimum absolute atomic E-state index is 0.540. The topological polar surface area (TPSA) is 77.1 Å². The molecule has 5 nitrogen and oxygen atoms in total. The smallest absolute Gasteiger partial charge is 0.415 e. The van der Waals surface area contributed by atoms with Gasteiger partial charge in [-0.15, -0.1) is 0 Å². The average Bonchev–Trinajstić information content (AvgIpc) is 2.79. The van der Waals surface area contributed by atoms with Crippen LogP contribution in [0, 0.1) is 35.0 Å². The van der Waals surface area contributed by atoms with E-state index in [4.69, 9.17) is 4.74 Å². The van der Waals surface area contributed by atoms with Crippen molar-refractivity contribution in [3.05, 3.63) is 47.2 Å². The van der Waals surface area contributed by atoms with E-state index in [9.17, 15) is 15.3 Å². The summed E-state index contributed by atoms with van der Waals surface area (Å²) in [6, 6.07) is 10.9. The summed E-state index contributed by atoms with van der Waals surface area (Å²) < 4.78 is 5.48. The number of hydrogen-bond acceptors (Lipinski definition) is 4. The molecule has 0 aliphatic carbocycles. The van der Waals surface area contributed by atoms with Crippen molar-refractivity contribution in [2.45, 2.75) is 46.3 Å². The monoisotopic (exact) mass is 323 g/mol. The minimum atomic E-state index is -1.43. The molecule has 0 fully saturated rings. The van der Waals surface area contributed by atoms with Crippen molar-refractivity contribution in [3.63, 3.8) is 0 Å². The van der Waals surface area contributed by atoms with Gasteiger partial charge >= 0.3 is 6.09 Å². The molecule has 0 radical (unpaired) electrons. The molecule has 1 amide bonds. The highest BCUT2D eigenvalue weighted by atomic mass is 16.6. The molecular formula is C19H21N3O2. The SMILES string of the molecule is CC1=CC(C#N)(C#N)[C@H](c2ccc(C)cc2)N1C(=O)OC(C)(C)C. The van der Waals surface area contributed by atoms with Gasteiger partial charge < -0.3 is 4.74 Å². The number of rotatable bonds is 1. The molecular weight excluding hydrogens is 302 g/mol. The van der Waals surface area contributed by atoms with Crippen LogP contribution in [0.4, 0.5) is 4.79 Å². The van der Waals surface area contributed by atoms with Crippen LogP contribution in [-0.4, -0.2) is 16.6 Å². The molecule has 24 heavy (non-hydrogen) atoms. The number of ether oxygens (including phenoxy) is 1. The van der Waals surface area contributed by atoms with Gasteiger partial charge in [-0.05, 0) is 46.3 Å². The molecule has 1 aromatic carbocycles. The van der Waals surface area contributed by atoms with E-state index in [1.807, 2.05) is 31.2 Å². The normalized spacial score (nSPS) is 19.2. The zero-order chi connectivity index (χ0) is 18.1. The fourth-order valence-corrected chi connectivity index (χ4v) is 2.82. The van der Waals surface area contributed by atoms with Crippen LogP contribution in [0.25, 0.3) is 0 Å². The third kappa shape index (κ3) is 3.12. The summed E-state index contributed by atoms with van der Waals surface area (Å²) in [6.45, 7) is 9.01. The van der Waals surface area contributed by atoms with Crippen molar-refractivity contribution in [1.29, 1.82) is 10.5 Å². The second kappa shape index (κ2) is 6.02. The van der Waals surface area contributed by atoms with Crippen LogP contribution in [0.5, 0.6) is 0 Å². The van der Waals surface area contributed by atoms with Crippen LogP contribution in [0.1, 0.15) is 44.9 Å². The van der Waals surface area contributed by atoms with Crippen LogP contribution in [-0.2, 0) is 4.74 Å². The van der Waals surface area contributed by atoms with Crippen molar-refractivity contribution < 1.29 is 9.53 Å². The Morgan fingerprint density at radius 2 is 1.71 bits per heavy atom. The lowest BCUT2D eigenvalue weighted by atomic mass is 9.81. The van der Waals surface area contributed by atoms with Crippen molar-refractivity contribution in [2.24, 2.45) is 5.41 Å². The predicted octanol–water partition coefficient (Wildman–Crippen LogP) is 4.22. The van der Waals surface area contributed by atoms with Gasteiger partial charge in [0, 0.05) is 5.70 Å². The number of nitriles is 2. The average molecular weight is 323 g/mol. The van der Waals surface area contributed by atoms with Crippen molar-refractivity contribution >= 4 is 6.09 Å². The zero-order valence-corrected chi connectivity index (χ0v) is 14.6. The molecule has 1 aliphatic rings. The zero-order valence-electron chi connectivity index (χ0n) is 14.6. The molecule has 0 N–H and O–H groups in total. The molecule has 0 aromatic heterocycles. The van der Waals surface area contributed by atoms with Crippen LogP contribution >= 0.6 is 0 Å². The Kier molecular flexibility index (Phi) is 4.40. The second-order valence-corrected chi connectivity index (χ2v) is 7.04. The van der Waals surface area contributed by atoms with Crippen LogP contribution in [0.2, 0.25) is 0 Å². The number of carbonyl (C=O) groups is 1. The first kappa shape index (κ1) is 17.6. The Balaban J connectivity index is 2.54. The summed E-state index contributed by atoms with van der Waals surface area (Å²) in [5.41, 5.74) is 0.223. The van der Waals surface area contributed by atoms with Crippen molar-refractivity contribution in [2.75, 3.05) is 0 Å².